The van der Waals surface area contributed by atoms with Crippen molar-refractivity contribution in [2.75, 3.05) is 39.9 Å². The molecule has 0 aromatic heterocycles. The van der Waals surface area contributed by atoms with Gasteiger partial charge in [-0.25, -0.2) is 0 Å². The van der Waals surface area contributed by atoms with Crippen LogP contribution >= 0.6 is 0 Å². The van der Waals surface area contributed by atoms with Crippen molar-refractivity contribution in [3.63, 3.8) is 0 Å². The van der Waals surface area contributed by atoms with Gasteiger partial charge in [-0.15, -0.1) is 0 Å². The van der Waals surface area contributed by atoms with E-state index in [1.54, 1.807) is 7.11 Å². The highest BCUT2D eigenvalue weighted by atomic mass is 16.5. The van der Waals surface area contributed by atoms with Crippen molar-refractivity contribution in [2.24, 2.45) is 10.9 Å². The first-order valence-electron chi connectivity index (χ1n) is 11.7. The van der Waals surface area contributed by atoms with Crippen LogP contribution in [0.5, 0.6) is 5.75 Å². The number of amides is 1. The fraction of sp³-hybridized carbons (Fsp3) is 0.667. The number of aliphatic imine (C=N–C) groups is 1. The summed E-state index contributed by atoms with van der Waals surface area (Å²) >= 11 is 0. The predicted octanol–water partition coefficient (Wildman–Crippen LogP) is 2.95. The van der Waals surface area contributed by atoms with E-state index in [1.807, 2.05) is 24.3 Å². The fourth-order valence-corrected chi connectivity index (χ4v) is 4.37. The number of carbonyl (C=O) groups is 1. The van der Waals surface area contributed by atoms with E-state index in [4.69, 9.17) is 9.47 Å². The molecule has 1 aliphatic heterocycles. The molecule has 1 amide bonds. The van der Waals surface area contributed by atoms with E-state index >= 15 is 0 Å². The minimum atomic E-state index is 0.246. The van der Waals surface area contributed by atoms with E-state index in [0.717, 1.165) is 56.2 Å². The maximum atomic E-state index is 12.8. The zero-order chi connectivity index (χ0) is 21.9. The average Bonchev–Trinajstić information content (AvgIpc) is 3.27. The molecule has 1 unspecified atom stereocenters. The zero-order valence-electron chi connectivity index (χ0n) is 19.1. The number of likely N-dealkylation sites (tertiary alicyclic amines) is 1. The zero-order valence-corrected chi connectivity index (χ0v) is 19.1. The Kier molecular flexibility index (Phi) is 9.46. The van der Waals surface area contributed by atoms with E-state index in [9.17, 15) is 4.79 Å². The Morgan fingerprint density at radius 3 is 2.84 bits per heavy atom. The van der Waals surface area contributed by atoms with Gasteiger partial charge in [-0.2, -0.15) is 0 Å². The number of rotatable bonds is 9. The summed E-state index contributed by atoms with van der Waals surface area (Å²) in [5.74, 6) is 2.24. The molecule has 0 bridgehead atoms. The van der Waals surface area contributed by atoms with Crippen LogP contribution in [-0.2, 0) is 16.1 Å². The van der Waals surface area contributed by atoms with Gasteiger partial charge < -0.3 is 25.0 Å². The van der Waals surface area contributed by atoms with Crippen molar-refractivity contribution in [3.8, 4) is 5.75 Å². The van der Waals surface area contributed by atoms with Crippen LogP contribution < -0.4 is 15.4 Å². The molecule has 3 rings (SSSR count). The minimum Gasteiger partial charge on any atom is -0.497 e. The van der Waals surface area contributed by atoms with Crippen molar-refractivity contribution in [2.45, 2.75) is 58.1 Å². The first-order valence-corrected chi connectivity index (χ1v) is 11.7. The van der Waals surface area contributed by atoms with Crippen LogP contribution in [-0.4, -0.2) is 62.7 Å². The largest absolute Gasteiger partial charge is 0.497 e. The van der Waals surface area contributed by atoms with Gasteiger partial charge in [0.1, 0.15) is 5.75 Å². The Morgan fingerprint density at radius 1 is 1.23 bits per heavy atom. The summed E-state index contributed by atoms with van der Waals surface area (Å²) in [7, 11) is 1.67. The lowest BCUT2D eigenvalue weighted by atomic mass is 9.88. The number of nitrogens with one attached hydrogen (secondary N) is 2. The summed E-state index contributed by atoms with van der Waals surface area (Å²) < 4.78 is 11.0. The number of carbonyl (C=O) groups excluding carboxylic acids is 1. The molecule has 1 saturated heterocycles. The second kappa shape index (κ2) is 12.5. The monoisotopic (exact) mass is 430 g/mol. The van der Waals surface area contributed by atoms with Crippen molar-refractivity contribution in [1.82, 2.24) is 15.5 Å². The highest BCUT2D eigenvalue weighted by molar-refractivity contribution is 5.81. The first-order chi connectivity index (χ1) is 15.2. The number of nitrogens with zero attached hydrogens (tertiary/aromatic N) is 2. The highest BCUT2D eigenvalue weighted by Gasteiger charge is 2.31. The molecule has 2 fully saturated rings. The third-order valence-electron chi connectivity index (χ3n) is 6.05. The number of methoxy groups -OCH3 is 1. The Labute approximate surface area is 186 Å². The van der Waals surface area contributed by atoms with Crippen molar-refractivity contribution in [3.05, 3.63) is 29.8 Å². The lowest BCUT2D eigenvalue weighted by Gasteiger charge is -2.26. The first kappa shape index (κ1) is 23.4. The van der Waals surface area contributed by atoms with Gasteiger partial charge in [0.2, 0.25) is 5.91 Å². The van der Waals surface area contributed by atoms with Crippen LogP contribution in [0, 0.1) is 5.92 Å². The lowest BCUT2D eigenvalue weighted by Crippen LogP contribution is -2.45. The van der Waals surface area contributed by atoms with E-state index in [-0.39, 0.29) is 12.0 Å². The van der Waals surface area contributed by atoms with Gasteiger partial charge >= 0.3 is 0 Å². The molecule has 7 nitrogen and oxygen atoms in total. The van der Waals surface area contributed by atoms with Crippen molar-refractivity contribution >= 4 is 11.9 Å². The Morgan fingerprint density at radius 2 is 2.06 bits per heavy atom. The third kappa shape index (κ3) is 7.42. The number of ether oxygens (including phenoxy) is 2. The van der Waals surface area contributed by atoms with E-state index < -0.39 is 0 Å². The maximum Gasteiger partial charge on any atom is 0.225 e. The quantitative estimate of drug-likeness (QED) is 0.358. The molecule has 2 N–H and O–H groups in total. The summed E-state index contributed by atoms with van der Waals surface area (Å²) in [5, 5.41) is 6.81. The van der Waals surface area contributed by atoms with E-state index in [2.05, 4.69) is 27.4 Å². The average molecular weight is 431 g/mol. The molecule has 31 heavy (non-hydrogen) atoms. The van der Waals surface area contributed by atoms with Gasteiger partial charge in [0, 0.05) is 31.6 Å². The van der Waals surface area contributed by atoms with Gasteiger partial charge in [-0.1, -0.05) is 31.4 Å². The summed E-state index contributed by atoms with van der Waals surface area (Å²) in [6, 6.07) is 8.15. The number of hydrogen-bond acceptors (Lipinski definition) is 4. The minimum absolute atomic E-state index is 0.246. The smallest absolute Gasteiger partial charge is 0.225 e. The predicted molar refractivity (Wildman–Crippen MR) is 123 cm³/mol. The standard InChI is InChI=1S/C24H38N4O3/c1-3-25-24(26-13-15-31-18-19-8-7-11-22(16-19)30-2)27-21-12-14-28(17-21)23(29)20-9-5-4-6-10-20/h7-8,11,16,20-21H,3-6,9-10,12-15,17-18H2,1-2H3,(H2,25,26,27). The molecule has 172 valence electrons. The summed E-state index contributed by atoms with van der Waals surface area (Å²) in [6.07, 6.45) is 6.77. The second-order valence-electron chi connectivity index (χ2n) is 8.41. The fourth-order valence-electron chi connectivity index (χ4n) is 4.37. The van der Waals surface area contributed by atoms with Crippen molar-refractivity contribution in [1.29, 1.82) is 0 Å². The van der Waals surface area contributed by atoms with E-state index in [0.29, 0.717) is 25.7 Å². The Balaban J connectivity index is 1.40. The molecule has 0 radical (unpaired) electrons. The highest BCUT2D eigenvalue weighted by Crippen LogP contribution is 2.26. The van der Waals surface area contributed by atoms with Gasteiger partial charge in [0.25, 0.3) is 0 Å². The SMILES string of the molecule is CCNC(=NCCOCc1cccc(OC)c1)NC1CCN(C(=O)C2CCCCC2)C1. The Bertz CT molecular complexity index is 719. The van der Waals surface area contributed by atoms with Gasteiger partial charge in [-0.05, 0) is 43.9 Å². The molecule has 2 aliphatic rings. The molecule has 1 aromatic rings. The van der Waals surface area contributed by atoms with Crippen LogP contribution in [0.15, 0.2) is 29.3 Å². The van der Waals surface area contributed by atoms with Crippen LogP contribution in [0.2, 0.25) is 0 Å². The number of guanidine groups is 1. The van der Waals surface area contributed by atoms with Gasteiger partial charge in [0.05, 0.1) is 26.9 Å². The van der Waals surface area contributed by atoms with Crippen LogP contribution in [0.25, 0.3) is 0 Å². The number of hydrogen-bond donors (Lipinski definition) is 2. The second-order valence-corrected chi connectivity index (χ2v) is 8.41. The number of benzene rings is 1. The maximum absolute atomic E-state index is 12.8. The topological polar surface area (TPSA) is 75.2 Å². The van der Waals surface area contributed by atoms with E-state index in [1.165, 1.54) is 19.3 Å². The third-order valence-corrected chi connectivity index (χ3v) is 6.05. The normalized spacial score (nSPS) is 20.0. The molecule has 1 atom stereocenters. The van der Waals surface area contributed by atoms with Gasteiger partial charge in [0.15, 0.2) is 5.96 Å². The summed E-state index contributed by atoms with van der Waals surface area (Å²) in [5.41, 5.74) is 1.09. The van der Waals surface area contributed by atoms with Crippen LogP contribution in [0.3, 0.4) is 0 Å². The summed E-state index contributed by atoms with van der Waals surface area (Å²) in [6.45, 7) is 6.14. The molecule has 1 saturated carbocycles. The molecule has 1 aliphatic carbocycles. The van der Waals surface area contributed by atoms with Crippen LogP contribution in [0.4, 0.5) is 0 Å². The van der Waals surface area contributed by atoms with Crippen molar-refractivity contribution < 1.29 is 14.3 Å². The molecule has 1 aromatic carbocycles. The molecule has 7 heteroatoms. The molecule has 1 heterocycles. The lowest BCUT2D eigenvalue weighted by molar-refractivity contribution is -0.135. The summed E-state index contributed by atoms with van der Waals surface area (Å²) in [4.78, 5) is 19.5. The van der Waals surface area contributed by atoms with Gasteiger partial charge in [-0.3, -0.25) is 9.79 Å². The molecule has 0 spiro atoms. The Hall–Kier alpha value is -2.28. The van der Waals surface area contributed by atoms with Crippen LogP contribution in [0.1, 0.15) is 51.0 Å². The molecular weight excluding hydrogens is 392 g/mol. The molecular formula is C24H38N4O3.